The highest BCUT2D eigenvalue weighted by molar-refractivity contribution is 5.36. The summed E-state index contributed by atoms with van der Waals surface area (Å²) in [5, 5.41) is 4.12. The highest BCUT2D eigenvalue weighted by atomic mass is 16.5. The van der Waals surface area contributed by atoms with E-state index in [1.165, 1.54) is 45.2 Å². The fourth-order valence-electron chi connectivity index (χ4n) is 4.03. The van der Waals surface area contributed by atoms with Crippen LogP contribution in [0.15, 0.2) is 36.9 Å². The van der Waals surface area contributed by atoms with Crippen LogP contribution in [0.3, 0.4) is 0 Å². The zero-order valence-corrected chi connectivity index (χ0v) is 13.5. The van der Waals surface area contributed by atoms with Gasteiger partial charge in [-0.2, -0.15) is 5.10 Å². The van der Waals surface area contributed by atoms with Gasteiger partial charge in [-0.15, -0.1) is 0 Å². The van der Waals surface area contributed by atoms with Crippen LogP contribution in [0.2, 0.25) is 0 Å². The molecule has 1 saturated carbocycles. The number of aromatic nitrogens is 3. The molecule has 5 nitrogen and oxygen atoms in total. The molecule has 1 aromatic heterocycles. The van der Waals surface area contributed by atoms with Gasteiger partial charge in [0.25, 0.3) is 0 Å². The molecule has 1 aromatic carbocycles. The van der Waals surface area contributed by atoms with Crippen molar-refractivity contribution in [3.63, 3.8) is 0 Å². The van der Waals surface area contributed by atoms with Gasteiger partial charge in [-0.25, -0.2) is 9.67 Å². The van der Waals surface area contributed by atoms with Gasteiger partial charge in [0.1, 0.15) is 18.4 Å². The topological polar surface area (TPSA) is 43.2 Å². The first-order valence-electron chi connectivity index (χ1n) is 8.69. The lowest BCUT2D eigenvalue weighted by Crippen LogP contribution is -2.24. The Labute approximate surface area is 137 Å². The summed E-state index contributed by atoms with van der Waals surface area (Å²) in [5.74, 6) is 2.90. The predicted molar refractivity (Wildman–Crippen MR) is 88.7 cm³/mol. The Kier molecular flexibility index (Phi) is 4.28. The van der Waals surface area contributed by atoms with Crippen LogP contribution < -0.4 is 4.74 Å². The van der Waals surface area contributed by atoms with E-state index in [4.69, 9.17) is 4.74 Å². The van der Waals surface area contributed by atoms with Crippen LogP contribution in [0.25, 0.3) is 5.69 Å². The molecule has 122 valence electrons. The molecule has 2 atom stereocenters. The van der Waals surface area contributed by atoms with Crippen molar-refractivity contribution in [3.8, 4) is 11.4 Å². The molecule has 1 aliphatic carbocycles. The SMILES string of the molecule is c1ncn(-c2ccc(OCCCN3CC4CCCC4C3)cc2)n1. The normalized spacial score (nSPS) is 24.0. The molecule has 5 heteroatoms. The maximum Gasteiger partial charge on any atom is 0.138 e. The van der Waals surface area contributed by atoms with Crippen molar-refractivity contribution in [2.24, 2.45) is 11.8 Å². The van der Waals surface area contributed by atoms with E-state index in [0.29, 0.717) is 0 Å². The van der Waals surface area contributed by atoms with E-state index in [1.54, 1.807) is 11.0 Å². The number of benzene rings is 1. The van der Waals surface area contributed by atoms with Gasteiger partial charge in [-0.1, -0.05) is 6.42 Å². The number of fused-ring (bicyclic) bond motifs is 1. The lowest BCUT2D eigenvalue weighted by Gasteiger charge is -2.16. The Bertz CT molecular complexity index is 598. The summed E-state index contributed by atoms with van der Waals surface area (Å²) in [7, 11) is 0. The third kappa shape index (κ3) is 3.39. The molecule has 2 unspecified atom stereocenters. The van der Waals surface area contributed by atoms with E-state index in [1.807, 2.05) is 24.3 Å². The molecule has 4 rings (SSSR count). The number of nitrogens with zero attached hydrogens (tertiary/aromatic N) is 4. The maximum atomic E-state index is 5.86. The number of ether oxygens (including phenoxy) is 1. The highest BCUT2D eigenvalue weighted by Crippen LogP contribution is 2.37. The predicted octanol–water partition coefficient (Wildman–Crippen LogP) is 2.77. The summed E-state index contributed by atoms with van der Waals surface area (Å²) in [4.78, 5) is 6.59. The first kappa shape index (κ1) is 14.7. The standard InChI is InChI=1S/C18H24N4O/c1-3-15-11-21(12-16(15)4-1)9-2-10-23-18-7-5-17(6-8-18)22-14-19-13-20-22/h5-8,13-16H,1-4,9-12H2. The molecule has 0 amide bonds. The third-order valence-electron chi connectivity index (χ3n) is 5.21. The summed E-state index contributed by atoms with van der Waals surface area (Å²) in [6, 6.07) is 8.01. The molecular formula is C18H24N4O. The molecule has 23 heavy (non-hydrogen) atoms. The van der Waals surface area contributed by atoms with Crippen molar-refractivity contribution in [2.45, 2.75) is 25.7 Å². The minimum Gasteiger partial charge on any atom is -0.494 e. The van der Waals surface area contributed by atoms with Gasteiger partial charge in [0, 0.05) is 19.6 Å². The van der Waals surface area contributed by atoms with Crippen LogP contribution in [-0.4, -0.2) is 45.9 Å². The fraction of sp³-hybridized carbons (Fsp3) is 0.556. The maximum absolute atomic E-state index is 5.86. The van der Waals surface area contributed by atoms with Crippen LogP contribution in [0.1, 0.15) is 25.7 Å². The lowest BCUT2D eigenvalue weighted by molar-refractivity contribution is 0.253. The molecule has 2 aromatic rings. The molecule has 0 N–H and O–H groups in total. The van der Waals surface area contributed by atoms with E-state index in [2.05, 4.69) is 15.0 Å². The van der Waals surface area contributed by atoms with Gasteiger partial charge in [0.2, 0.25) is 0 Å². The second kappa shape index (κ2) is 6.71. The Hall–Kier alpha value is -1.88. The fourth-order valence-corrected chi connectivity index (χ4v) is 4.03. The Balaban J connectivity index is 1.19. The molecule has 1 saturated heterocycles. The van der Waals surface area contributed by atoms with Crippen molar-refractivity contribution in [1.29, 1.82) is 0 Å². The molecule has 0 bridgehead atoms. The van der Waals surface area contributed by atoms with Gasteiger partial charge in [0.15, 0.2) is 0 Å². The van der Waals surface area contributed by atoms with Crippen molar-refractivity contribution in [3.05, 3.63) is 36.9 Å². The van der Waals surface area contributed by atoms with Crippen molar-refractivity contribution < 1.29 is 4.74 Å². The second-order valence-electron chi connectivity index (χ2n) is 6.75. The molecule has 0 radical (unpaired) electrons. The molecular weight excluding hydrogens is 288 g/mol. The van der Waals surface area contributed by atoms with Crippen LogP contribution in [0.5, 0.6) is 5.75 Å². The van der Waals surface area contributed by atoms with E-state index in [0.717, 1.165) is 36.3 Å². The average Bonchev–Trinajstić information content (AvgIpc) is 3.29. The highest BCUT2D eigenvalue weighted by Gasteiger charge is 2.35. The van der Waals surface area contributed by atoms with Crippen molar-refractivity contribution >= 4 is 0 Å². The van der Waals surface area contributed by atoms with E-state index >= 15 is 0 Å². The summed E-state index contributed by atoms with van der Waals surface area (Å²) in [6.07, 6.45) is 8.70. The molecule has 2 aliphatic rings. The quantitative estimate of drug-likeness (QED) is 0.769. The second-order valence-corrected chi connectivity index (χ2v) is 6.75. The first-order chi connectivity index (χ1) is 11.4. The van der Waals surface area contributed by atoms with Crippen LogP contribution in [-0.2, 0) is 0 Å². The molecule has 2 fully saturated rings. The van der Waals surface area contributed by atoms with Gasteiger partial charge in [-0.3, -0.25) is 0 Å². The monoisotopic (exact) mass is 312 g/mol. The van der Waals surface area contributed by atoms with E-state index < -0.39 is 0 Å². The van der Waals surface area contributed by atoms with Gasteiger partial charge >= 0.3 is 0 Å². The van der Waals surface area contributed by atoms with Gasteiger partial charge < -0.3 is 9.64 Å². The minimum atomic E-state index is 0.786. The molecule has 0 spiro atoms. The summed E-state index contributed by atoms with van der Waals surface area (Å²) in [5.41, 5.74) is 0.999. The van der Waals surface area contributed by atoms with Crippen LogP contribution in [0, 0.1) is 11.8 Å². The number of hydrogen-bond acceptors (Lipinski definition) is 4. The van der Waals surface area contributed by atoms with Crippen molar-refractivity contribution in [2.75, 3.05) is 26.2 Å². The Morgan fingerprint density at radius 2 is 1.87 bits per heavy atom. The van der Waals surface area contributed by atoms with Crippen LogP contribution in [0.4, 0.5) is 0 Å². The van der Waals surface area contributed by atoms with Crippen LogP contribution >= 0.6 is 0 Å². The molecule has 2 heterocycles. The van der Waals surface area contributed by atoms with E-state index in [9.17, 15) is 0 Å². The van der Waals surface area contributed by atoms with Crippen molar-refractivity contribution in [1.82, 2.24) is 19.7 Å². The summed E-state index contributed by atoms with van der Waals surface area (Å²) < 4.78 is 7.60. The lowest BCUT2D eigenvalue weighted by atomic mass is 10.0. The first-order valence-corrected chi connectivity index (χ1v) is 8.69. The Morgan fingerprint density at radius 1 is 1.09 bits per heavy atom. The zero-order valence-electron chi connectivity index (χ0n) is 13.5. The third-order valence-corrected chi connectivity index (χ3v) is 5.21. The summed E-state index contributed by atoms with van der Waals surface area (Å²) in [6.45, 7) is 4.59. The number of rotatable bonds is 6. The number of hydrogen-bond donors (Lipinski definition) is 0. The molecule has 1 aliphatic heterocycles. The minimum absolute atomic E-state index is 0.786. The zero-order chi connectivity index (χ0) is 15.5. The summed E-state index contributed by atoms with van der Waals surface area (Å²) >= 11 is 0. The Morgan fingerprint density at radius 3 is 2.57 bits per heavy atom. The average molecular weight is 312 g/mol. The van der Waals surface area contributed by atoms with Gasteiger partial charge in [0.05, 0.1) is 12.3 Å². The van der Waals surface area contributed by atoms with E-state index in [-0.39, 0.29) is 0 Å². The number of likely N-dealkylation sites (tertiary alicyclic amines) is 1. The van der Waals surface area contributed by atoms with Gasteiger partial charge in [-0.05, 0) is 55.4 Å². The smallest absolute Gasteiger partial charge is 0.138 e. The largest absolute Gasteiger partial charge is 0.494 e.